The lowest BCUT2D eigenvalue weighted by Gasteiger charge is -2.40. The molecule has 1 aliphatic carbocycles. The Morgan fingerprint density at radius 1 is 1.17 bits per heavy atom. The Balaban J connectivity index is 1.43. The van der Waals surface area contributed by atoms with Crippen molar-refractivity contribution in [2.45, 2.75) is 56.7 Å². The third-order valence-electron chi connectivity index (χ3n) is 5.12. The number of hydrogen-bond donors (Lipinski definition) is 2. The second-order valence-corrected chi connectivity index (χ2v) is 6.82. The average Bonchev–Trinajstić information content (AvgIpc) is 3.12. The van der Waals surface area contributed by atoms with Crippen LogP contribution in [-0.2, 0) is 4.79 Å². The van der Waals surface area contributed by atoms with Gasteiger partial charge in [-0.2, -0.15) is 0 Å². The average molecular weight is 332 g/mol. The quantitative estimate of drug-likeness (QED) is 0.836. The molecule has 3 atom stereocenters. The van der Waals surface area contributed by atoms with Crippen LogP contribution in [0.5, 0.6) is 5.75 Å². The Kier molecular flexibility index (Phi) is 6.10. The van der Waals surface area contributed by atoms with Gasteiger partial charge in [-0.05, 0) is 57.3 Å². The van der Waals surface area contributed by atoms with E-state index in [-0.39, 0.29) is 18.0 Å². The van der Waals surface area contributed by atoms with Gasteiger partial charge in [-0.3, -0.25) is 9.69 Å². The van der Waals surface area contributed by atoms with Crippen LogP contribution in [0.1, 0.15) is 38.5 Å². The number of carbonyl (C=O) groups is 1. The maximum absolute atomic E-state index is 12.2. The van der Waals surface area contributed by atoms with Crippen LogP contribution in [0.15, 0.2) is 30.3 Å². The Labute approximate surface area is 144 Å². The number of ether oxygens (including phenoxy) is 1. The first kappa shape index (κ1) is 17.2. The second-order valence-electron chi connectivity index (χ2n) is 6.82. The molecule has 1 saturated heterocycles. The first-order chi connectivity index (χ1) is 11.7. The van der Waals surface area contributed by atoms with Crippen LogP contribution in [0, 0.1) is 0 Å². The van der Waals surface area contributed by atoms with Gasteiger partial charge in [-0.15, -0.1) is 0 Å². The van der Waals surface area contributed by atoms with Gasteiger partial charge in [0.2, 0.25) is 5.91 Å². The molecule has 1 aromatic rings. The van der Waals surface area contributed by atoms with Crippen LogP contribution in [0.2, 0.25) is 0 Å². The minimum absolute atomic E-state index is 0.0444. The molecule has 1 saturated carbocycles. The van der Waals surface area contributed by atoms with E-state index in [4.69, 9.17) is 4.74 Å². The van der Waals surface area contributed by atoms with Gasteiger partial charge in [0.25, 0.3) is 0 Å². The van der Waals surface area contributed by atoms with Crippen LogP contribution in [0.4, 0.5) is 0 Å². The number of rotatable bonds is 6. The molecule has 0 bridgehead atoms. The zero-order valence-corrected chi connectivity index (χ0v) is 14.2. The number of aliphatic hydroxyl groups is 1. The zero-order valence-electron chi connectivity index (χ0n) is 14.2. The van der Waals surface area contributed by atoms with Crippen molar-refractivity contribution < 1.29 is 14.6 Å². The number of amides is 1. The maximum Gasteiger partial charge on any atom is 0.223 e. The number of hydrogen-bond acceptors (Lipinski definition) is 4. The first-order valence-corrected chi connectivity index (χ1v) is 9.13. The van der Waals surface area contributed by atoms with Gasteiger partial charge in [0.1, 0.15) is 5.75 Å². The van der Waals surface area contributed by atoms with Crippen molar-refractivity contribution in [1.82, 2.24) is 10.2 Å². The fraction of sp³-hybridized carbons (Fsp3) is 0.632. The molecule has 1 aromatic carbocycles. The molecule has 5 nitrogen and oxygen atoms in total. The number of benzene rings is 1. The van der Waals surface area contributed by atoms with E-state index in [2.05, 4.69) is 10.2 Å². The minimum Gasteiger partial charge on any atom is -0.493 e. The summed E-state index contributed by atoms with van der Waals surface area (Å²) in [6.07, 6.45) is 5.24. The molecule has 1 aliphatic heterocycles. The lowest BCUT2D eigenvalue weighted by molar-refractivity contribution is -0.124. The molecule has 5 heteroatoms. The van der Waals surface area contributed by atoms with E-state index in [0.29, 0.717) is 13.0 Å². The smallest absolute Gasteiger partial charge is 0.223 e. The van der Waals surface area contributed by atoms with Crippen molar-refractivity contribution in [3.63, 3.8) is 0 Å². The summed E-state index contributed by atoms with van der Waals surface area (Å²) in [7, 11) is 0. The summed E-state index contributed by atoms with van der Waals surface area (Å²) < 4.78 is 5.56. The van der Waals surface area contributed by atoms with E-state index < -0.39 is 6.10 Å². The Hall–Kier alpha value is -1.59. The largest absolute Gasteiger partial charge is 0.493 e. The Morgan fingerprint density at radius 2 is 1.92 bits per heavy atom. The summed E-state index contributed by atoms with van der Waals surface area (Å²) >= 11 is 0. The Morgan fingerprint density at radius 3 is 2.67 bits per heavy atom. The van der Waals surface area contributed by atoms with Crippen LogP contribution >= 0.6 is 0 Å². The summed E-state index contributed by atoms with van der Waals surface area (Å²) in [6.45, 7) is 2.51. The van der Waals surface area contributed by atoms with Crippen LogP contribution < -0.4 is 10.1 Å². The zero-order chi connectivity index (χ0) is 16.8. The molecule has 0 spiro atoms. The molecule has 132 valence electrons. The van der Waals surface area contributed by atoms with Crippen molar-refractivity contribution >= 4 is 5.91 Å². The lowest BCUT2D eigenvalue weighted by atomic mass is 9.87. The molecule has 0 radical (unpaired) electrons. The standard InChI is InChI=1S/C19H28N2O3/c22-18(11-14-24-15-7-2-1-3-8-15)20-16-9-6-10-17(19(16)23)21-12-4-5-13-21/h1-3,7-8,16-17,19,23H,4-6,9-14H2,(H,20,22)/t16-,17-,19-/m1/s1. The number of nitrogens with zero attached hydrogens (tertiary/aromatic N) is 1. The van der Waals surface area contributed by atoms with Crippen molar-refractivity contribution in [2.75, 3.05) is 19.7 Å². The lowest BCUT2D eigenvalue weighted by Crippen LogP contribution is -2.56. The molecule has 1 heterocycles. The predicted molar refractivity (Wildman–Crippen MR) is 92.9 cm³/mol. The monoisotopic (exact) mass is 332 g/mol. The molecule has 0 unspecified atom stereocenters. The molecule has 24 heavy (non-hydrogen) atoms. The van der Waals surface area contributed by atoms with Gasteiger partial charge in [0.05, 0.1) is 25.2 Å². The normalized spacial score (nSPS) is 27.8. The molecule has 0 aromatic heterocycles. The third kappa shape index (κ3) is 4.48. The van der Waals surface area contributed by atoms with Crippen LogP contribution in [0.3, 0.4) is 0 Å². The second kappa shape index (κ2) is 8.49. The van der Waals surface area contributed by atoms with E-state index in [1.165, 1.54) is 12.8 Å². The van der Waals surface area contributed by atoms with Crippen molar-refractivity contribution in [3.8, 4) is 5.75 Å². The summed E-state index contributed by atoms with van der Waals surface area (Å²) in [5, 5.41) is 13.7. The van der Waals surface area contributed by atoms with E-state index in [1.54, 1.807) is 0 Å². The molecule has 2 aliphatic rings. The number of carbonyl (C=O) groups excluding carboxylic acids is 1. The van der Waals surface area contributed by atoms with Gasteiger partial charge >= 0.3 is 0 Å². The maximum atomic E-state index is 12.2. The summed E-state index contributed by atoms with van der Waals surface area (Å²) in [5.41, 5.74) is 0. The van der Waals surface area contributed by atoms with E-state index >= 15 is 0 Å². The van der Waals surface area contributed by atoms with Crippen LogP contribution in [-0.4, -0.2) is 53.8 Å². The summed E-state index contributed by atoms with van der Waals surface area (Å²) in [6, 6.07) is 9.58. The molecular formula is C19H28N2O3. The highest BCUT2D eigenvalue weighted by molar-refractivity contribution is 5.76. The number of likely N-dealkylation sites (tertiary alicyclic amines) is 1. The molecular weight excluding hydrogens is 304 g/mol. The number of nitrogens with one attached hydrogen (secondary N) is 1. The molecule has 1 amide bonds. The predicted octanol–water partition coefficient (Wildman–Crippen LogP) is 1.95. The van der Waals surface area contributed by atoms with E-state index in [9.17, 15) is 9.90 Å². The highest BCUT2D eigenvalue weighted by Crippen LogP contribution is 2.26. The topological polar surface area (TPSA) is 61.8 Å². The highest BCUT2D eigenvalue weighted by atomic mass is 16.5. The van der Waals surface area contributed by atoms with Crippen LogP contribution in [0.25, 0.3) is 0 Å². The van der Waals surface area contributed by atoms with Crippen molar-refractivity contribution in [3.05, 3.63) is 30.3 Å². The van der Waals surface area contributed by atoms with E-state index in [1.807, 2.05) is 30.3 Å². The van der Waals surface area contributed by atoms with Gasteiger partial charge in [0, 0.05) is 6.04 Å². The minimum atomic E-state index is -0.462. The fourth-order valence-corrected chi connectivity index (χ4v) is 3.84. The number of aliphatic hydroxyl groups excluding tert-OH is 1. The van der Waals surface area contributed by atoms with E-state index in [0.717, 1.165) is 38.1 Å². The van der Waals surface area contributed by atoms with Gasteiger partial charge in [0.15, 0.2) is 0 Å². The first-order valence-electron chi connectivity index (χ1n) is 9.13. The molecule has 2 N–H and O–H groups in total. The van der Waals surface area contributed by atoms with Gasteiger partial charge in [-0.1, -0.05) is 18.2 Å². The van der Waals surface area contributed by atoms with Gasteiger partial charge in [-0.25, -0.2) is 0 Å². The fourth-order valence-electron chi connectivity index (χ4n) is 3.84. The summed E-state index contributed by atoms with van der Waals surface area (Å²) in [4.78, 5) is 14.5. The summed E-state index contributed by atoms with van der Waals surface area (Å²) in [5.74, 6) is 0.731. The van der Waals surface area contributed by atoms with Crippen molar-refractivity contribution in [1.29, 1.82) is 0 Å². The number of para-hydroxylation sites is 1. The van der Waals surface area contributed by atoms with Crippen molar-refractivity contribution in [2.24, 2.45) is 0 Å². The molecule has 2 fully saturated rings. The van der Waals surface area contributed by atoms with Gasteiger partial charge < -0.3 is 15.2 Å². The third-order valence-corrected chi connectivity index (χ3v) is 5.12. The highest BCUT2D eigenvalue weighted by Gasteiger charge is 2.36. The SMILES string of the molecule is O=C(CCOc1ccccc1)N[C@@H]1CCC[C@@H](N2CCCC2)[C@@H]1O. The Bertz CT molecular complexity index is 517. The molecule has 3 rings (SSSR count).